The van der Waals surface area contributed by atoms with E-state index in [9.17, 15) is 9.59 Å². The quantitative estimate of drug-likeness (QED) is 0.744. The van der Waals surface area contributed by atoms with E-state index in [2.05, 4.69) is 31.3 Å². The normalized spacial score (nSPS) is 14.3. The first-order chi connectivity index (χ1) is 12.6. The number of nitrogens with one attached hydrogen (secondary N) is 1. The summed E-state index contributed by atoms with van der Waals surface area (Å²) >= 11 is 3.37. The average molecular weight is 421 g/mol. The summed E-state index contributed by atoms with van der Waals surface area (Å²) in [4.78, 5) is 29.1. The zero-order valence-electron chi connectivity index (χ0n) is 14.4. The number of halogens is 1. The number of rotatable bonds is 7. The topological polar surface area (TPSA) is 78.7 Å². The Morgan fingerprint density at radius 3 is 2.58 bits per heavy atom. The van der Waals surface area contributed by atoms with Gasteiger partial charge in [0, 0.05) is 29.2 Å². The SMILES string of the molecule is O=C(CN(CCN1CCCC1)C(=O)c1ccc(Br)cc1)Nc1ccon1. The van der Waals surface area contributed by atoms with Crippen LogP contribution in [0.25, 0.3) is 0 Å². The summed E-state index contributed by atoms with van der Waals surface area (Å²) in [6, 6.07) is 8.71. The monoisotopic (exact) mass is 420 g/mol. The fraction of sp³-hybridized carbons (Fsp3) is 0.389. The van der Waals surface area contributed by atoms with Gasteiger partial charge in [-0.2, -0.15) is 0 Å². The van der Waals surface area contributed by atoms with Crippen LogP contribution in [0.1, 0.15) is 23.2 Å². The largest absolute Gasteiger partial charge is 0.363 e. The lowest BCUT2D eigenvalue weighted by Gasteiger charge is -2.25. The fourth-order valence-electron chi connectivity index (χ4n) is 2.93. The van der Waals surface area contributed by atoms with E-state index in [1.165, 1.54) is 19.1 Å². The third-order valence-electron chi connectivity index (χ3n) is 4.30. The maximum absolute atomic E-state index is 12.9. The second kappa shape index (κ2) is 8.95. The van der Waals surface area contributed by atoms with Crippen LogP contribution in [0.4, 0.5) is 5.82 Å². The van der Waals surface area contributed by atoms with Crippen molar-refractivity contribution in [2.75, 3.05) is 38.0 Å². The Morgan fingerprint density at radius 2 is 1.92 bits per heavy atom. The molecule has 26 heavy (non-hydrogen) atoms. The van der Waals surface area contributed by atoms with Crippen molar-refractivity contribution in [3.63, 3.8) is 0 Å². The van der Waals surface area contributed by atoms with Crippen molar-refractivity contribution in [1.82, 2.24) is 15.0 Å². The molecular formula is C18H21BrN4O3. The molecule has 2 heterocycles. The molecule has 0 atom stereocenters. The van der Waals surface area contributed by atoms with Gasteiger partial charge in [0.25, 0.3) is 5.91 Å². The van der Waals surface area contributed by atoms with Crippen LogP contribution in [0.3, 0.4) is 0 Å². The molecule has 1 aliphatic heterocycles. The number of amides is 2. The van der Waals surface area contributed by atoms with Gasteiger partial charge in [-0.05, 0) is 50.2 Å². The van der Waals surface area contributed by atoms with Crippen LogP contribution in [0.5, 0.6) is 0 Å². The van der Waals surface area contributed by atoms with Crippen LogP contribution >= 0.6 is 15.9 Å². The lowest BCUT2D eigenvalue weighted by Crippen LogP contribution is -2.42. The zero-order valence-corrected chi connectivity index (χ0v) is 15.9. The van der Waals surface area contributed by atoms with Crippen molar-refractivity contribution >= 4 is 33.6 Å². The third-order valence-corrected chi connectivity index (χ3v) is 4.83. The molecule has 0 aliphatic carbocycles. The number of hydrogen-bond donors (Lipinski definition) is 1. The number of anilines is 1. The number of carbonyl (C=O) groups is 2. The Labute approximate surface area is 160 Å². The Bertz CT molecular complexity index is 727. The first-order valence-corrected chi connectivity index (χ1v) is 9.38. The Balaban J connectivity index is 1.66. The highest BCUT2D eigenvalue weighted by Gasteiger charge is 2.21. The molecule has 8 heteroatoms. The summed E-state index contributed by atoms with van der Waals surface area (Å²) < 4.78 is 5.61. The first-order valence-electron chi connectivity index (χ1n) is 8.59. The molecule has 1 aromatic carbocycles. The summed E-state index contributed by atoms with van der Waals surface area (Å²) in [6.45, 7) is 3.33. The van der Waals surface area contributed by atoms with Crippen LogP contribution in [-0.2, 0) is 4.79 Å². The molecule has 0 saturated carbocycles. The van der Waals surface area contributed by atoms with E-state index in [0.29, 0.717) is 17.9 Å². The third kappa shape index (κ3) is 5.15. The van der Waals surface area contributed by atoms with Gasteiger partial charge in [0.05, 0.1) is 0 Å². The maximum atomic E-state index is 12.9. The predicted octanol–water partition coefficient (Wildman–Crippen LogP) is 2.61. The van der Waals surface area contributed by atoms with Crippen molar-refractivity contribution in [1.29, 1.82) is 0 Å². The Hall–Kier alpha value is -2.19. The van der Waals surface area contributed by atoms with E-state index >= 15 is 0 Å². The van der Waals surface area contributed by atoms with Gasteiger partial charge in [-0.25, -0.2) is 0 Å². The van der Waals surface area contributed by atoms with Crippen molar-refractivity contribution in [2.45, 2.75) is 12.8 Å². The molecule has 0 bridgehead atoms. The lowest BCUT2D eigenvalue weighted by atomic mass is 10.2. The molecule has 1 aromatic heterocycles. The minimum atomic E-state index is -0.300. The van der Waals surface area contributed by atoms with E-state index in [1.807, 2.05) is 12.1 Å². The van der Waals surface area contributed by atoms with Gasteiger partial charge in [-0.15, -0.1) is 0 Å². The van der Waals surface area contributed by atoms with Crippen molar-refractivity contribution in [3.05, 3.63) is 46.6 Å². The van der Waals surface area contributed by atoms with E-state index in [0.717, 1.165) is 24.1 Å². The standard InChI is InChI=1S/C18H21BrN4O3/c19-15-5-3-14(4-6-15)18(25)23(11-10-22-8-1-2-9-22)13-17(24)20-16-7-12-26-21-16/h3-7,12H,1-2,8-11,13H2,(H,20,21,24). The molecular weight excluding hydrogens is 400 g/mol. The molecule has 7 nitrogen and oxygen atoms in total. The summed E-state index contributed by atoms with van der Waals surface area (Å²) in [6.07, 6.45) is 3.76. The number of aromatic nitrogens is 1. The van der Waals surface area contributed by atoms with Crippen LogP contribution in [0.2, 0.25) is 0 Å². The van der Waals surface area contributed by atoms with Crippen LogP contribution in [0, 0.1) is 0 Å². The average Bonchev–Trinajstić information content (AvgIpc) is 3.32. The van der Waals surface area contributed by atoms with Gasteiger partial charge in [-0.1, -0.05) is 21.1 Å². The minimum absolute atomic E-state index is 0.0321. The number of nitrogens with zero attached hydrogens (tertiary/aromatic N) is 3. The fourth-order valence-corrected chi connectivity index (χ4v) is 3.19. The predicted molar refractivity (Wildman–Crippen MR) is 101 cm³/mol. The lowest BCUT2D eigenvalue weighted by molar-refractivity contribution is -0.117. The number of carbonyl (C=O) groups excluding carboxylic acids is 2. The summed E-state index contributed by atoms with van der Waals surface area (Å²) in [5.41, 5.74) is 0.559. The highest BCUT2D eigenvalue weighted by Crippen LogP contribution is 2.13. The van der Waals surface area contributed by atoms with Gasteiger partial charge >= 0.3 is 0 Å². The number of likely N-dealkylation sites (tertiary alicyclic amines) is 1. The molecule has 0 unspecified atom stereocenters. The molecule has 1 aliphatic rings. The molecule has 1 fully saturated rings. The van der Waals surface area contributed by atoms with Gasteiger partial charge < -0.3 is 19.6 Å². The molecule has 138 valence electrons. The second-order valence-electron chi connectivity index (χ2n) is 6.22. The van der Waals surface area contributed by atoms with Crippen molar-refractivity contribution < 1.29 is 14.1 Å². The number of hydrogen-bond acceptors (Lipinski definition) is 5. The van der Waals surface area contributed by atoms with E-state index in [4.69, 9.17) is 4.52 Å². The molecule has 1 N–H and O–H groups in total. The van der Waals surface area contributed by atoms with E-state index in [-0.39, 0.29) is 18.4 Å². The smallest absolute Gasteiger partial charge is 0.254 e. The molecule has 0 spiro atoms. The second-order valence-corrected chi connectivity index (χ2v) is 7.13. The highest BCUT2D eigenvalue weighted by atomic mass is 79.9. The van der Waals surface area contributed by atoms with Crippen LogP contribution in [-0.4, -0.2) is 59.5 Å². The first kappa shape index (κ1) is 18.6. The molecule has 0 radical (unpaired) electrons. The van der Waals surface area contributed by atoms with Gasteiger partial charge in [0.1, 0.15) is 12.8 Å². The molecule has 2 aromatic rings. The maximum Gasteiger partial charge on any atom is 0.254 e. The van der Waals surface area contributed by atoms with Gasteiger partial charge in [0.15, 0.2) is 5.82 Å². The Morgan fingerprint density at radius 1 is 1.19 bits per heavy atom. The van der Waals surface area contributed by atoms with Gasteiger partial charge in [0.2, 0.25) is 5.91 Å². The minimum Gasteiger partial charge on any atom is -0.363 e. The van der Waals surface area contributed by atoms with Gasteiger partial charge in [-0.3, -0.25) is 9.59 Å². The van der Waals surface area contributed by atoms with E-state index in [1.54, 1.807) is 23.1 Å². The molecule has 1 saturated heterocycles. The van der Waals surface area contributed by atoms with Crippen LogP contribution < -0.4 is 5.32 Å². The van der Waals surface area contributed by atoms with Crippen molar-refractivity contribution in [2.24, 2.45) is 0 Å². The zero-order chi connectivity index (χ0) is 18.4. The Kier molecular flexibility index (Phi) is 6.40. The summed E-state index contributed by atoms with van der Waals surface area (Å²) in [7, 11) is 0. The summed E-state index contributed by atoms with van der Waals surface area (Å²) in [5.74, 6) is -0.122. The highest BCUT2D eigenvalue weighted by molar-refractivity contribution is 9.10. The van der Waals surface area contributed by atoms with E-state index < -0.39 is 0 Å². The van der Waals surface area contributed by atoms with Crippen molar-refractivity contribution in [3.8, 4) is 0 Å². The summed E-state index contributed by atoms with van der Waals surface area (Å²) in [5, 5.41) is 6.30. The molecule has 2 amide bonds. The number of benzene rings is 1. The molecule has 3 rings (SSSR count). The van der Waals surface area contributed by atoms with Crippen LogP contribution in [0.15, 0.2) is 45.6 Å².